The number of hydrogen-bond acceptors (Lipinski definition) is 7. The molecule has 29 heavy (non-hydrogen) atoms. The van der Waals surface area contributed by atoms with Crippen LogP contribution < -0.4 is 14.2 Å². The normalized spacial score (nSPS) is 10.8. The van der Waals surface area contributed by atoms with Crippen molar-refractivity contribution in [3.05, 3.63) is 69.7 Å². The number of benzene rings is 2. The van der Waals surface area contributed by atoms with Crippen molar-refractivity contribution in [2.24, 2.45) is 5.16 Å². The fraction of sp³-hybridized carbons (Fsp3) is 0.150. The molecular formula is C20H17Cl2N3O4. The van der Waals surface area contributed by atoms with E-state index in [-0.39, 0.29) is 12.6 Å². The highest BCUT2D eigenvalue weighted by atomic mass is 35.5. The van der Waals surface area contributed by atoms with E-state index >= 15 is 0 Å². The van der Waals surface area contributed by atoms with Crippen LogP contribution in [0.5, 0.6) is 23.5 Å². The second kappa shape index (κ2) is 9.95. The molecule has 0 bridgehead atoms. The number of aromatic nitrogens is 2. The molecule has 0 aliphatic heterocycles. The first-order chi connectivity index (χ1) is 14.1. The van der Waals surface area contributed by atoms with Crippen LogP contribution in [0.15, 0.2) is 53.7 Å². The molecule has 0 aliphatic carbocycles. The van der Waals surface area contributed by atoms with Gasteiger partial charge in [-0.25, -0.2) is 0 Å². The third-order valence-electron chi connectivity index (χ3n) is 3.70. The van der Waals surface area contributed by atoms with E-state index in [1.54, 1.807) is 30.3 Å². The molecule has 0 amide bonds. The summed E-state index contributed by atoms with van der Waals surface area (Å²) in [6.45, 7) is 0.200. The first-order valence-corrected chi connectivity index (χ1v) is 9.18. The van der Waals surface area contributed by atoms with Crippen LogP contribution in [0.1, 0.15) is 11.1 Å². The predicted molar refractivity (Wildman–Crippen MR) is 110 cm³/mol. The molecule has 0 unspecified atom stereocenters. The lowest BCUT2D eigenvalue weighted by molar-refractivity contribution is 0.132. The maximum atomic E-state index is 6.12. The summed E-state index contributed by atoms with van der Waals surface area (Å²) in [7, 11) is 2.99. The molecule has 0 N–H and O–H groups in total. The van der Waals surface area contributed by atoms with Gasteiger partial charge in [-0.15, -0.1) is 0 Å². The zero-order chi connectivity index (χ0) is 20.6. The van der Waals surface area contributed by atoms with Crippen LogP contribution in [0.25, 0.3) is 0 Å². The van der Waals surface area contributed by atoms with Crippen LogP contribution in [0.3, 0.4) is 0 Å². The highest BCUT2D eigenvalue weighted by Gasteiger charge is 2.10. The number of nitrogens with zero attached hydrogens (tertiary/aromatic N) is 3. The van der Waals surface area contributed by atoms with Crippen molar-refractivity contribution in [1.82, 2.24) is 9.97 Å². The number of hydrogen-bond donors (Lipinski definition) is 0. The summed E-state index contributed by atoms with van der Waals surface area (Å²) in [6.07, 6.45) is 1.52. The van der Waals surface area contributed by atoms with Crippen LogP contribution in [-0.2, 0) is 11.4 Å². The molecular weight excluding hydrogens is 417 g/mol. The van der Waals surface area contributed by atoms with Crippen molar-refractivity contribution >= 4 is 29.4 Å². The maximum absolute atomic E-state index is 6.12. The van der Waals surface area contributed by atoms with Crippen molar-refractivity contribution < 1.29 is 19.0 Å². The van der Waals surface area contributed by atoms with Crippen LogP contribution in [-0.4, -0.2) is 30.4 Å². The van der Waals surface area contributed by atoms with Gasteiger partial charge in [0, 0.05) is 21.2 Å². The van der Waals surface area contributed by atoms with Gasteiger partial charge < -0.3 is 19.0 Å². The minimum atomic E-state index is 0.0796. The molecule has 2 aromatic carbocycles. The van der Waals surface area contributed by atoms with Gasteiger partial charge >= 0.3 is 6.01 Å². The number of halogens is 2. The molecule has 9 heteroatoms. The Labute approximate surface area is 177 Å². The summed E-state index contributed by atoms with van der Waals surface area (Å²) < 4.78 is 16.0. The van der Waals surface area contributed by atoms with Gasteiger partial charge in [0.05, 0.1) is 26.5 Å². The number of para-hydroxylation sites is 1. The van der Waals surface area contributed by atoms with Gasteiger partial charge in [-0.1, -0.05) is 46.6 Å². The molecule has 3 aromatic rings. The van der Waals surface area contributed by atoms with Crippen molar-refractivity contribution in [2.45, 2.75) is 6.61 Å². The van der Waals surface area contributed by atoms with Crippen LogP contribution in [0.4, 0.5) is 0 Å². The Hall–Kier alpha value is -3.03. The van der Waals surface area contributed by atoms with Crippen LogP contribution in [0, 0.1) is 0 Å². The van der Waals surface area contributed by atoms with Crippen LogP contribution >= 0.6 is 23.2 Å². The standard InChI is InChI=1S/C20H17Cl2N3O4/c1-26-18-10-19(27-2)25-20(24-18)29-17-6-4-3-5-13(17)11-23-28-12-14-7-8-15(21)9-16(14)22/h3-11H,12H2,1-2H3/b23-11-. The summed E-state index contributed by atoms with van der Waals surface area (Å²) >= 11 is 12.0. The molecule has 150 valence electrons. The Bertz CT molecular complexity index is 993. The van der Waals surface area contributed by atoms with E-state index < -0.39 is 0 Å². The summed E-state index contributed by atoms with van der Waals surface area (Å²) in [5.74, 6) is 1.13. The minimum absolute atomic E-state index is 0.0796. The number of oxime groups is 1. The van der Waals surface area contributed by atoms with E-state index in [2.05, 4.69) is 15.1 Å². The van der Waals surface area contributed by atoms with Crippen molar-refractivity contribution in [2.75, 3.05) is 14.2 Å². The summed E-state index contributed by atoms with van der Waals surface area (Å²) in [4.78, 5) is 13.6. The van der Waals surface area contributed by atoms with E-state index in [4.69, 9.17) is 42.3 Å². The first kappa shape index (κ1) is 20.7. The molecule has 7 nitrogen and oxygen atoms in total. The average molecular weight is 434 g/mol. The monoisotopic (exact) mass is 433 g/mol. The molecule has 1 heterocycles. The number of rotatable bonds is 8. The van der Waals surface area contributed by atoms with Crippen molar-refractivity contribution in [3.8, 4) is 23.5 Å². The van der Waals surface area contributed by atoms with Crippen molar-refractivity contribution in [3.63, 3.8) is 0 Å². The molecule has 0 radical (unpaired) electrons. The molecule has 0 atom stereocenters. The van der Waals surface area contributed by atoms with Gasteiger partial charge in [0.1, 0.15) is 12.4 Å². The summed E-state index contributed by atoms with van der Waals surface area (Å²) in [6, 6.07) is 14.0. The zero-order valence-electron chi connectivity index (χ0n) is 15.6. The quantitative estimate of drug-likeness (QED) is 0.361. The zero-order valence-corrected chi connectivity index (χ0v) is 17.1. The van der Waals surface area contributed by atoms with E-state index in [1.807, 2.05) is 18.2 Å². The third kappa shape index (κ3) is 5.73. The molecule has 3 rings (SSSR count). The minimum Gasteiger partial charge on any atom is -0.481 e. The molecule has 0 saturated heterocycles. The second-order valence-electron chi connectivity index (χ2n) is 5.62. The molecule has 0 spiro atoms. The fourth-order valence-corrected chi connectivity index (χ4v) is 2.72. The number of ether oxygens (including phenoxy) is 3. The second-order valence-corrected chi connectivity index (χ2v) is 6.46. The van der Waals surface area contributed by atoms with E-state index in [9.17, 15) is 0 Å². The maximum Gasteiger partial charge on any atom is 0.328 e. The highest BCUT2D eigenvalue weighted by Crippen LogP contribution is 2.26. The average Bonchev–Trinajstić information content (AvgIpc) is 2.73. The molecule has 0 fully saturated rings. The van der Waals surface area contributed by atoms with Gasteiger partial charge in [-0.2, -0.15) is 9.97 Å². The van der Waals surface area contributed by atoms with Gasteiger partial charge in [-0.05, 0) is 24.3 Å². The topological polar surface area (TPSA) is 75.1 Å². The summed E-state index contributed by atoms with van der Waals surface area (Å²) in [5.41, 5.74) is 1.44. The SMILES string of the molecule is COc1cc(OC)nc(Oc2ccccc2/C=N\OCc2ccc(Cl)cc2Cl)n1. The molecule has 1 aromatic heterocycles. The Morgan fingerprint density at radius 3 is 2.38 bits per heavy atom. The largest absolute Gasteiger partial charge is 0.481 e. The Morgan fingerprint density at radius 2 is 1.69 bits per heavy atom. The van der Waals surface area contributed by atoms with E-state index in [0.29, 0.717) is 33.1 Å². The Kier molecular flexibility index (Phi) is 7.10. The third-order valence-corrected chi connectivity index (χ3v) is 4.29. The lowest BCUT2D eigenvalue weighted by atomic mass is 10.2. The summed E-state index contributed by atoms with van der Waals surface area (Å²) in [5, 5.41) is 5.06. The predicted octanol–water partition coefficient (Wildman–Crippen LogP) is 5.14. The van der Waals surface area contributed by atoms with E-state index in [1.165, 1.54) is 20.4 Å². The Morgan fingerprint density at radius 1 is 0.966 bits per heavy atom. The van der Waals surface area contributed by atoms with Gasteiger partial charge in [0.15, 0.2) is 0 Å². The van der Waals surface area contributed by atoms with Crippen LogP contribution in [0.2, 0.25) is 10.0 Å². The highest BCUT2D eigenvalue weighted by molar-refractivity contribution is 6.35. The van der Waals surface area contributed by atoms with E-state index in [0.717, 1.165) is 5.56 Å². The smallest absolute Gasteiger partial charge is 0.328 e. The van der Waals surface area contributed by atoms with Gasteiger partial charge in [-0.3, -0.25) is 0 Å². The lowest BCUT2D eigenvalue weighted by Crippen LogP contribution is -1.99. The molecule has 0 saturated carbocycles. The van der Waals surface area contributed by atoms with Gasteiger partial charge in [0.2, 0.25) is 11.8 Å². The fourth-order valence-electron chi connectivity index (χ4n) is 2.26. The number of methoxy groups -OCH3 is 2. The van der Waals surface area contributed by atoms with Crippen molar-refractivity contribution in [1.29, 1.82) is 0 Å². The lowest BCUT2D eigenvalue weighted by Gasteiger charge is -2.09. The molecule has 0 aliphatic rings. The van der Waals surface area contributed by atoms with Gasteiger partial charge in [0.25, 0.3) is 0 Å². The Balaban J connectivity index is 1.71. The first-order valence-electron chi connectivity index (χ1n) is 8.42.